The molecule has 1 heterocycles. The number of rotatable bonds is 5. The molecular weight excluding hydrogens is 400 g/mol. The second-order valence-electron chi connectivity index (χ2n) is 5.24. The third kappa shape index (κ3) is 6.46. The Morgan fingerprint density at radius 2 is 1.76 bits per heavy atom. The number of aromatic hydroxyl groups is 1. The van der Waals surface area contributed by atoms with Crippen LogP contribution in [0.5, 0.6) is 5.75 Å². The van der Waals surface area contributed by atoms with Crippen LogP contribution in [0.1, 0.15) is 29.6 Å². The summed E-state index contributed by atoms with van der Waals surface area (Å²) in [6.07, 6.45) is 2.83. The van der Waals surface area contributed by atoms with Crippen LogP contribution in [-0.4, -0.2) is 42.0 Å². The van der Waals surface area contributed by atoms with Gasteiger partial charge in [-0.3, -0.25) is 4.79 Å². The molecule has 21 heavy (non-hydrogen) atoms. The van der Waals surface area contributed by atoms with Crippen molar-refractivity contribution in [2.24, 2.45) is 11.7 Å². The summed E-state index contributed by atoms with van der Waals surface area (Å²) < 4.78 is 0. The van der Waals surface area contributed by atoms with Gasteiger partial charge in [0, 0.05) is 18.5 Å². The lowest BCUT2D eigenvalue weighted by Crippen LogP contribution is -2.37. The summed E-state index contributed by atoms with van der Waals surface area (Å²) in [5, 5.41) is 9.19. The van der Waals surface area contributed by atoms with Crippen molar-refractivity contribution in [3.05, 3.63) is 29.8 Å². The molecule has 0 saturated carbocycles. The van der Waals surface area contributed by atoms with Gasteiger partial charge in [-0.25, -0.2) is 0 Å². The van der Waals surface area contributed by atoms with E-state index in [0.29, 0.717) is 17.9 Å². The standard InChI is InChI=1S/C15H22N2O2.2BrH/c16-11-12-5-8-17(9-6-12)10-7-15(19)13-1-3-14(18)4-2-13;;/h1-4,12,18H,5-11,16H2;2*1H. The van der Waals surface area contributed by atoms with Crippen molar-refractivity contribution in [1.29, 1.82) is 0 Å². The molecule has 3 N–H and O–H groups in total. The number of nitrogens with zero attached hydrogens (tertiary/aromatic N) is 1. The second kappa shape index (κ2) is 10.3. The van der Waals surface area contributed by atoms with Crippen LogP contribution >= 0.6 is 34.0 Å². The smallest absolute Gasteiger partial charge is 0.164 e. The molecule has 0 spiro atoms. The Kier molecular flexibility index (Phi) is 10.1. The summed E-state index contributed by atoms with van der Waals surface area (Å²) in [7, 11) is 0. The molecule has 1 aliphatic rings. The first-order chi connectivity index (χ1) is 9.19. The first-order valence-corrected chi connectivity index (χ1v) is 6.93. The molecule has 0 atom stereocenters. The number of Topliss-reactive ketones (excluding diaryl/α,β-unsaturated/α-hetero) is 1. The molecule has 1 aromatic rings. The van der Waals surface area contributed by atoms with Crippen molar-refractivity contribution >= 4 is 39.7 Å². The molecule has 1 saturated heterocycles. The fraction of sp³-hybridized carbons (Fsp3) is 0.533. The molecule has 0 unspecified atom stereocenters. The van der Waals surface area contributed by atoms with Gasteiger partial charge in [0.2, 0.25) is 0 Å². The minimum atomic E-state index is 0. The van der Waals surface area contributed by atoms with Crippen LogP contribution in [0.25, 0.3) is 0 Å². The van der Waals surface area contributed by atoms with E-state index in [0.717, 1.165) is 39.0 Å². The highest BCUT2D eigenvalue weighted by Crippen LogP contribution is 2.17. The minimum Gasteiger partial charge on any atom is -0.508 e. The molecule has 0 amide bonds. The molecule has 6 heteroatoms. The highest BCUT2D eigenvalue weighted by Gasteiger charge is 2.18. The number of nitrogens with two attached hydrogens (primary N) is 1. The van der Waals surface area contributed by atoms with Gasteiger partial charge in [0.1, 0.15) is 5.75 Å². The Balaban J connectivity index is 0.00000200. The van der Waals surface area contributed by atoms with Crippen molar-refractivity contribution in [3.8, 4) is 5.75 Å². The van der Waals surface area contributed by atoms with Gasteiger partial charge < -0.3 is 15.7 Å². The first-order valence-electron chi connectivity index (χ1n) is 6.93. The summed E-state index contributed by atoms with van der Waals surface area (Å²) >= 11 is 0. The lowest BCUT2D eigenvalue weighted by atomic mass is 9.97. The maximum atomic E-state index is 12.0. The quantitative estimate of drug-likeness (QED) is 0.714. The zero-order valence-corrected chi connectivity index (χ0v) is 15.5. The number of piperidine rings is 1. The lowest BCUT2D eigenvalue weighted by Gasteiger charge is -2.31. The second-order valence-corrected chi connectivity index (χ2v) is 5.24. The predicted molar refractivity (Wildman–Crippen MR) is 95.9 cm³/mol. The third-order valence-corrected chi connectivity index (χ3v) is 3.88. The fourth-order valence-corrected chi connectivity index (χ4v) is 2.50. The van der Waals surface area contributed by atoms with Crippen molar-refractivity contribution in [2.45, 2.75) is 19.3 Å². The number of carbonyl (C=O) groups excluding carboxylic acids is 1. The van der Waals surface area contributed by atoms with E-state index < -0.39 is 0 Å². The molecule has 0 aliphatic carbocycles. The van der Waals surface area contributed by atoms with E-state index in [1.165, 1.54) is 0 Å². The predicted octanol–water partition coefficient (Wildman–Crippen LogP) is 2.79. The highest BCUT2D eigenvalue weighted by molar-refractivity contribution is 8.93. The maximum Gasteiger partial charge on any atom is 0.164 e. The number of hydrogen-bond donors (Lipinski definition) is 2. The van der Waals surface area contributed by atoms with Crippen LogP contribution < -0.4 is 5.73 Å². The molecule has 4 nitrogen and oxygen atoms in total. The number of benzene rings is 1. The van der Waals surface area contributed by atoms with Crippen LogP contribution in [0.3, 0.4) is 0 Å². The van der Waals surface area contributed by atoms with Gasteiger partial charge in [0.05, 0.1) is 0 Å². The number of phenolic OH excluding ortho intramolecular Hbond substituents is 1. The number of carbonyl (C=O) groups is 1. The van der Waals surface area contributed by atoms with Gasteiger partial charge in [-0.2, -0.15) is 0 Å². The van der Waals surface area contributed by atoms with Crippen LogP contribution in [0.15, 0.2) is 24.3 Å². The summed E-state index contributed by atoms with van der Waals surface area (Å²) in [6, 6.07) is 6.47. The number of phenols is 1. The van der Waals surface area contributed by atoms with E-state index in [2.05, 4.69) is 4.90 Å². The lowest BCUT2D eigenvalue weighted by molar-refractivity contribution is 0.0952. The summed E-state index contributed by atoms with van der Waals surface area (Å²) in [6.45, 7) is 3.69. The molecule has 1 aromatic carbocycles. The number of hydrogen-bond acceptors (Lipinski definition) is 4. The normalized spacial score (nSPS) is 15.9. The molecular formula is C15H24Br2N2O2. The van der Waals surface area contributed by atoms with Gasteiger partial charge in [-0.15, -0.1) is 34.0 Å². The molecule has 0 aromatic heterocycles. The van der Waals surface area contributed by atoms with Crippen molar-refractivity contribution in [2.75, 3.05) is 26.2 Å². The Labute approximate surface area is 147 Å². The summed E-state index contributed by atoms with van der Waals surface area (Å²) in [4.78, 5) is 14.3. The average molecular weight is 424 g/mol. The highest BCUT2D eigenvalue weighted by atomic mass is 79.9. The largest absolute Gasteiger partial charge is 0.508 e. The van der Waals surface area contributed by atoms with E-state index >= 15 is 0 Å². The average Bonchev–Trinajstić information content (AvgIpc) is 2.46. The Morgan fingerprint density at radius 1 is 1.19 bits per heavy atom. The maximum absolute atomic E-state index is 12.0. The zero-order valence-electron chi connectivity index (χ0n) is 12.0. The van der Waals surface area contributed by atoms with E-state index in [-0.39, 0.29) is 45.5 Å². The van der Waals surface area contributed by atoms with E-state index in [4.69, 9.17) is 5.73 Å². The van der Waals surface area contributed by atoms with Crippen LogP contribution in [-0.2, 0) is 0 Å². The van der Waals surface area contributed by atoms with E-state index in [9.17, 15) is 9.90 Å². The van der Waals surface area contributed by atoms with Gasteiger partial charge in [-0.05, 0) is 62.7 Å². The minimum absolute atomic E-state index is 0. The monoisotopic (exact) mass is 422 g/mol. The number of likely N-dealkylation sites (tertiary alicyclic amines) is 1. The molecule has 120 valence electrons. The van der Waals surface area contributed by atoms with E-state index in [1.807, 2.05) is 0 Å². The van der Waals surface area contributed by atoms with E-state index in [1.54, 1.807) is 24.3 Å². The van der Waals surface area contributed by atoms with Crippen molar-refractivity contribution in [1.82, 2.24) is 4.90 Å². The summed E-state index contributed by atoms with van der Waals surface area (Å²) in [5.41, 5.74) is 6.34. The van der Waals surface area contributed by atoms with Gasteiger partial charge >= 0.3 is 0 Å². The number of ketones is 1. The summed E-state index contributed by atoms with van der Waals surface area (Å²) in [5.74, 6) is 0.991. The fourth-order valence-electron chi connectivity index (χ4n) is 2.50. The number of halogens is 2. The molecule has 2 rings (SSSR count). The van der Waals surface area contributed by atoms with Gasteiger partial charge in [-0.1, -0.05) is 0 Å². The van der Waals surface area contributed by atoms with Crippen molar-refractivity contribution in [3.63, 3.8) is 0 Å². The zero-order chi connectivity index (χ0) is 13.7. The van der Waals surface area contributed by atoms with Gasteiger partial charge in [0.15, 0.2) is 5.78 Å². The van der Waals surface area contributed by atoms with Crippen molar-refractivity contribution < 1.29 is 9.90 Å². The topological polar surface area (TPSA) is 66.6 Å². The first kappa shape index (κ1) is 20.6. The third-order valence-electron chi connectivity index (χ3n) is 3.88. The molecule has 1 aliphatic heterocycles. The molecule has 0 radical (unpaired) electrons. The Hall–Kier alpha value is -0.430. The Morgan fingerprint density at radius 3 is 2.29 bits per heavy atom. The molecule has 1 fully saturated rings. The Bertz CT molecular complexity index is 418. The molecule has 0 bridgehead atoms. The van der Waals surface area contributed by atoms with Crippen LogP contribution in [0.2, 0.25) is 0 Å². The SMILES string of the molecule is Br.Br.NCC1CCN(CCC(=O)c2ccc(O)cc2)CC1. The van der Waals surface area contributed by atoms with Crippen LogP contribution in [0, 0.1) is 5.92 Å². The van der Waals surface area contributed by atoms with Gasteiger partial charge in [0.25, 0.3) is 0 Å². The van der Waals surface area contributed by atoms with Crippen LogP contribution in [0.4, 0.5) is 0 Å².